The first kappa shape index (κ1) is 20.6. The molecule has 3 rings (SSSR count). The fourth-order valence-corrected chi connectivity index (χ4v) is 4.15. The Labute approximate surface area is 166 Å². The molecule has 0 spiro atoms. The number of nitrogens with one attached hydrogen (secondary N) is 1. The summed E-state index contributed by atoms with van der Waals surface area (Å²) >= 11 is 0. The molecule has 3 heterocycles. The Hall–Kier alpha value is -2.09. The fourth-order valence-electron chi connectivity index (χ4n) is 4.15. The number of aromatic amines is 1. The van der Waals surface area contributed by atoms with E-state index in [9.17, 15) is 4.79 Å². The van der Waals surface area contributed by atoms with Gasteiger partial charge < -0.3 is 20.4 Å². The number of nitrogen functional groups attached to an aromatic ring is 1. The van der Waals surface area contributed by atoms with Crippen molar-refractivity contribution in [3.8, 4) is 6.01 Å². The van der Waals surface area contributed by atoms with Crippen molar-refractivity contribution >= 4 is 17.0 Å². The molecule has 8 nitrogen and oxygen atoms in total. The molecule has 8 heteroatoms. The third kappa shape index (κ3) is 4.84. The molecule has 1 aliphatic heterocycles. The minimum atomic E-state index is -0.186. The van der Waals surface area contributed by atoms with Crippen LogP contribution in [0.4, 0.5) is 5.82 Å². The third-order valence-electron chi connectivity index (χ3n) is 5.68. The first-order valence-electron chi connectivity index (χ1n) is 10.7. The van der Waals surface area contributed by atoms with Crippen LogP contribution in [0.3, 0.4) is 0 Å². The van der Waals surface area contributed by atoms with Crippen LogP contribution in [0.15, 0.2) is 4.79 Å². The van der Waals surface area contributed by atoms with E-state index in [1.165, 1.54) is 25.9 Å². The van der Waals surface area contributed by atoms with Gasteiger partial charge in [0.15, 0.2) is 11.5 Å². The number of piperidine rings is 1. The molecule has 0 saturated carbocycles. The summed E-state index contributed by atoms with van der Waals surface area (Å²) in [5.74, 6) is 0.966. The van der Waals surface area contributed by atoms with Crippen LogP contribution in [0.1, 0.15) is 59.3 Å². The van der Waals surface area contributed by atoms with Gasteiger partial charge in [0.2, 0.25) is 0 Å². The van der Waals surface area contributed by atoms with Gasteiger partial charge in [-0.1, -0.05) is 20.3 Å². The molecule has 156 valence electrons. The van der Waals surface area contributed by atoms with E-state index in [0.717, 1.165) is 32.2 Å². The van der Waals surface area contributed by atoms with E-state index < -0.39 is 0 Å². The zero-order valence-corrected chi connectivity index (χ0v) is 17.4. The minimum absolute atomic E-state index is 0.00813. The van der Waals surface area contributed by atoms with E-state index in [4.69, 9.17) is 10.5 Å². The number of ether oxygens (including phenoxy) is 1. The van der Waals surface area contributed by atoms with Crippen LogP contribution < -0.4 is 16.2 Å². The first-order chi connectivity index (χ1) is 13.5. The van der Waals surface area contributed by atoms with Crippen LogP contribution in [0.2, 0.25) is 0 Å². The molecule has 0 amide bonds. The third-order valence-corrected chi connectivity index (χ3v) is 5.68. The topological polar surface area (TPSA) is 102 Å². The van der Waals surface area contributed by atoms with E-state index >= 15 is 0 Å². The van der Waals surface area contributed by atoms with Gasteiger partial charge in [0.05, 0.1) is 6.10 Å². The van der Waals surface area contributed by atoms with E-state index in [-0.39, 0.29) is 23.6 Å². The molecule has 2 aromatic heterocycles. The van der Waals surface area contributed by atoms with Gasteiger partial charge in [-0.3, -0.25) is 4.57 Å². The number of imidazole rings is 1. The van der Waals surface area contributed by atoms with Gasteiger partial charge in [0.1, 0.15) is 5.52 Å². The molecule has 2 atom stereocenters. The Bertz CT molecular complexity index is 830. The molecule has 1 fully saturated rings. The predicted molar refractivity (Wildman–Crippen MR) is 112 cm³/mol. The molecule has 3 N–H and O–H groups in total. The monoisotopic (exact) mass is 390 g/mol. The molecule has 28 heavy (non-hydrogen) atoms. The summed E-state index contributed by atoms with van der Waals surface area (Å²) in [6, 6.07) is 0.240. The Morgan fingerprint density at radius 2 is 2.18 bits per heavy atom. The Balaban J connectivity index is 1.70. The van der Waals surface area contributed by atoms with Gasteiger partial charge in [-0.15, -0.1) is 0 Å². The molecule has 0 aliphatic carbocycles. The lowest BCUT2D eigenvalue weighted by Crippen LogP contribution is -2.35. The number of aromatic nitrogens is 4. The van der Waals surface area contributed by atoms with Crippen molar-refractivity contribution in [1.29, 1.82) is 0 Å². The van der Waals surface area contributed by atoms with Crippen molar-refractivity contribution in [1.82, 2.24) is 24.4 Å². The van der Waals surface area contributed by atoms with Crippen LogP contribution in [-0.4, -0.2) is 50.2 Å². The van der Waals surface area contributed by atoms with Gasteiger partial charge in [-0.2, -0.15) is 9.97 Å². The first-order valence-corrected chi connectivity index (χ1v) is 10.7. The van der Waals surface area contributed by atoms with E-state index in [2.05, 4.69) is 33.7 Å². The summed E-state index contributed by atoms with van der Waals surface area (Å²) in [4.78, 5) is 26.4. The number of rotatable bonds is 9. The highest BCUT2D eigenvalue weighted by Crippen LogP contribution is 2.22. The van der Waals surface area contributed by atoms with Gasteiger partial charge >= 0.3 is 11.7 Å². The maximum Gasteiger partial charge on any atom is 0.327 e. The number of aryl methyl sites for hydroxylation is 1. The van der Waals surface area contributed by atoms with Gasteiger partial charge in [0.25, 0.3) is 0 Å². The average Bonchev–Trinajstić information content (AvgIpc) is 2.98. The summed E-state index contributed by atoms with van der Waals surface area (Å²) in [5.41, 5.74) is 6.89. The standard InChI is InChI=1S/C20H34N6O2/c1-4-8-14(3)28-19-23-17(21)16-18(24-19)26(20(27)22-16)12-7-10-15-9-6-11-25(5-2)13-15/h14-15H,4-13H2,1-3H3,(H,22,27)(H2,21,23,24)/t14-,15?/m0/s1. The maximum absolute atomic E-state index is 12.4. The second kappa shape index (κ2) is 9.41. The lowest BCUT2D eigenvalue weighted by atomic mass is 9.93. The lowest BCUT2D eigenvalue weighted by Gasteiger charge is -2.31. The Morgan fingerprint density at radius 1 is 1.36 bits per heavy atom. The molecule has 2 aromatic rings. The zero-order valence-electron chi connectivity index (χ0n) is 17.4. The van der Waals surface area contributed by atoms with Crippen LogP contribution in [0.25, 0.3) is 11.2 Å². The maximum atomic E-state index is 12.4. The molecule has 0 radical (unpaired) electrons. The summed E-state index contributed by atoms with van der Waals surface area (Å²) in [7, 11) is 0. The van der Waals surface area contributed by atoms with Crippen molar-refractivity contribution < 1.29 is 4.74 Å². The number of fused-ring (bicyclic) bond motifs is 1. The highest BCUT2D eigenvalue weighted by atomic mass is 16.5. The molecular weight excluding hydrogens is 356 g/mol. The number of likely N-dealkylation sites (tertiary alicyclic amines) is 1. The summed E-state index contributed by atoms with van der Waals surface area (Å²) in [6.07, 6.45) is 6.55. The molecule has 1 aliphatic rings. The molecule has 0 aromatic carbocycles. The number of hydrogen-bond donors (Lipinski definition) is 2. The van der Waals surface area contributed by atoms with Crippen molar-refractivity contribution in [2.75, 3.05) is 25.4 Å². The van der Waals surface area contributed by atoms with E-state index in [1.54, 1.807) is 4.57 Å². The molecule has 0 bridgehead atoms. The fraction of sp³-hybridized carbons (Fsp3) is 0.750. The SMILES string of the molecule is CCC[C@H](C)Oc1nc(N)c2[nH]c(=O)n(CCCC3CCCN(CC)C3)c2n1. The predicted octanol–water partition coefficient (Wildman–Crippen LogP) is 2.78. The highest BCUT2D eigenvalue weighted by Gasteiger charge is 2.19. The summed E-state index contributed by atoms with van der Waals surface area (Å²) < 4.78 is 7.47. The van der Waals surface area contributed by atoms with Crippen molar-refractivity contribution in [3.05, 3.63) is 10.5 Å². The Morgan fingerprint density at radius 3 is 2.93 bits per heavy atom. The number of nitrogens with zero attached hydrogens (tertiary/aromatic N) is 4. The second-order valence-electron chi connectivity index (χ2n) is 7.93. The number of H-pyrrole nitrogens is 1. The smallest absolute Gasteiger partial charge is 0.327 e. The lowest BCUT2D eigenvalue weighted by molar-refractivity contribution is 0.173. The van der Waals surface area contributed by atoms with Gasteiger partial charge in [-0.05, 0) is 58.0 Å². The number of nitrogens with two attached hydrogens (primary N) is 1. The van der Waals surface area contributed by atoms with E-state index in [1.807, 2.05) is 6.92 Å². The van der Waals surface area contributed by atoms with Crippen molar-refractivity contribution in [2.24, 2.45) is 5.92 Å². The second-order valence-corrected chi connectivity index (χ2v) is 7.93. The molecule has 1 saturated heterocycles. The van der Waals surface area contributed by atoms with Gasteiger partial charge in [-0.25, -0.2) is 4.79 Å². The zero-order chi connectivity index (χ0) is 20.1. The van der Waals surface area contributed by atoms with Crippen LogP contribution in [-0.2, 0) is 6.54 Å². The van der Waals surface area contributed by atoms with Crippen molar-refractivity contribution in [3.63, 3.8) is 0 Å². The van der Waals surface area contributed by atoms with Crippen LogP contribution >= 0.6 is 0 Å². The Kier molecular flexibility index (Phi) is 6.93. The minimum Gasteiger partial charge on any atom is -0.460 e. The summed E-state index contributed by atoms with van der Waals surface area (Å²) in [6.45, 7) is 10.4. The van der Waals surface area contributed by atoms with E-state index in [0.29, 0.717) is 23.6 Å². The van der Waals surface area contributed by atoms with Crippen LogP contribution in [0.5, 0.6) is 6.01 Å². The molecule has 1 unspecified atom stereocenters. The quantitative estimate of drug-likeness (QED) is 0.683. The average molecular weight is 391 g/mol. The summed E-state index contributed by atoms with van der Waals surface area (Å²) in [5, 5.41) is 0. The largest absolute Gasteiger partial charge is 0.460 e. The molecular formula is C20H34N6O2. The number of anilines is 1. The number of hydrogen-bond acceptors (Lipinski definition) is 6. The normalized spacial score (nSPS) is 19.2. The highest BCUT2D eigenvalue weighted by molar-refractivity contribution is 5.81. The van der Waals surface area contributed by atoms with Crippen LogP contribution in [0, 0.1) is 5.92 Å². The van der Waals surface area contributed by atoms with Crippen molar-refractivity contribution in [2.45, 2.75) is 71.9 Å². The van der Waals surface area contributed by atoms with Gasteiger partial charge in [0, 0.05) is 13.1 Å².